The Kier molecular flexibility index (Phi) is 6.77. The lowest BCUT2D eigenvalue weighted by atomic mass is 10.1. The molecule has 0 aliphatic rings. The number of benzene rings is 2. The van der Waals surface area contributed by atoms with Gasteiger partial charge in [0.25, 0.3) is 0 Å². The number of aliphatic carboxylic acids is 1. The summed E-state index contributed by atoms with van der Waals surface area (Å²) in [6.45, 7) is 0.537. The number of nitriles is 1. The lowest BCUT2D eigenvalue weighted by Crippen LogP contribution is -2.37. The first-order valence-corrected chi connectivity index (χ1v) is 6.61. The first-order valence-electron chi connectivity index (χ1n) is 6.61. The molecular weight excluding hydrogens is 323 g/mol. The van der Waals surface area contributed by atoms with Crippen molar-refractivity contribution in [3.05, 3.63) is 59.7 Å². The summed E-state index contributed by atoms with van der Waals surface area (Å²) in [5.74, 6) is -3.01. The van der Waals surface area contributed by atoms with E-state index in [2.05, 4.69) is 11.4 Å². The van der Waals surface area contributed by atoms with Crippen LogP contribution in [0.25, 0.3) is 0 Å². The molecule has 2 aromatic carbocycles. The lowest BCUT2D eigenvalue weighted by molar-refractivity contribution is -0.344. The van der Waals surface area contributed by atoms with Crippen LogP contribution in [0, 0.1) is 11.3 Å². The summed E-state index contributed by atoms with van der Waals surface area (Å²) in [5, 5.41) is 21.0. The largest absolute Gasteiger partial charge is 0.542 e. The number of nitrogens with two attached hydrogens (primary N) is 1. The molecule has 0 aliphatic heterocycles. The minimum atomic E-state index is -5.19. The number of anilines is 2. The Labute approximate surface area is 136 Å². The Hall–Kier alpha value is -3.05. The highest BCUT2D eigenvalue weighted by Crippen LogP contribution is 2.20. The van der Waals surface area contributed by atoms with Gasteiger partial charge in [-0.05, 0) is 29.8 Å². The number of carboxylic acid groups (broad SMARTS) is 1. The number of alkyl halides is 3. The van der Waals surface area contributed by atoms with Crippen LogP contribution in [-0.2, 0) is 11.3 Å². The van der Waals surface area contributed by atoms with Crippen LogP contribution in [0.1, 0.15) is 11.1 Å². The van der Waals surface area contributed by atoms with Gasteiger partial charge in [-0.15, -0.1) is 0 Å². The summed E-state index contributed by atoms with van der Waals surface area (Å²) < 4.78 is 31.5. The van der Waals surface area contributed by atoms with Crippen LogP contribution in [0.5, 0.6) is 0 Å². The molecule has 0 saturated heterocycles. The van der Waals surface area contributed by atoms with Crippen molar-refractivity contribution in [2.45, 2.75) is 12.7 Å². The number of halogens is 3. The van der Waals surface area contributed by atoms with Gasteiger partial charge < -0.3 is 21.0 Å². The van der Waals surface area contributed by atoms with Crippen molar-refractivity contribution >= 4 is 17.3 Å². The van der Waals surface area contributed by atoms with E-state index in [-0.39, 0.29) is 0 Å². The third-order valence-electron chi connectivity index (χ3n) is 2.75. The predicted molar refractivity (Wildman–Crippen MR) is 79.8 cm³/mol. The van der Waals surface area contributed by atoms with Gasteiger partial charge in [-0.3, -0.25) is 0 Å². The van der Waals surface area contributed by atoms with Gasteiger partial charge in [0.05, 0.1) is 11.3 Å². The second kappa shape index (κ2) is 8.55. The molecule has 126 valence electrons. The number of para-hydroxylation sites is 1. The third kappa shape index (κ3) is 5.98. The van der Waals surface area contributed by atoms with Crippen LogP contribution in [0.4, 0.5) is 24.5 Å². The molecule has 2 aromatic rings. The Morgan fingerprint density at radius 1 is 1.17 bits per heavy atom. The van der Waals surface area contributed by atoms with Crippen LogP contribution in [-0.4, -0.2) is 12.1 Å². The van der Waals surface area contributed by atoms with Crippen molar-refractivity contribution in [3.63, 3.8) is 0 Å². The van der Waals surface area contributed by atoms with E-state index in [9.17, 15) is 13.2 Å². The summed E-state index contributed by atoms with van der Waals surface area (Å²) in [6, 6.07) is 17.4. The SMILES string of the molecule is N#Cc1ccccc1Nc1ccc(CN)cc1.O=C([O-])C(F)(F)F. The first kappa shape index (κ1) is 19.0. The normalized spacial score (nSPS) is 10.1. The van der Waals surface area contributed by atoms with Crippen molar-refractivity contribution < 1.29 is 23.1 Å². The second-order valence-corrected chi connectivity index (χ2v) is 4.47. The minimum Gasteiger partial charge on any atom is -0.542 e. The van der Waals surface area contributed by atoms with Gasteiger partial charge in [-0.2, -0.15) is 18.4 Å². The molecule has 0 aromatic heterocycles. The highest BCUT2D eigenvalue weighted by atomic mass is 19.4. The van der Waals surface area contributed by atoms with Crippen molar-refractivity contribution in [2.75, 3.05) is 5.32 Å². The fourth-order valence-corrected chi connectivity index (χ4v) is 1.57. The van der Waals surface area contributed by atoms with Crippen molar-refractivity contribution in [2.24, 2.45) is 5.73 Å². The predicted octanol–water partition coefficient (Wildman–Crippen LogP) is 2.06. The van der Waals surface area contributed by atoms with Crippen molar-refractivity contribution in [1.82, 2.24) is 0 Å². The van der Waals surface area contributed by atoms with Gasteiger partial charge in [0.2, 0.25) is 0 Å². The van der Waals surface area contributed by atoms with Gasteiger partial charge in [0.1, 0.15) is 12.0 Å². The molecular formula is C16H13F3N3O2-. The Bertz CT molecular complexity index is 723. The molecule has 0 bridgehead atoms. The summed E-state index contributed by atoms with van der Waals surface area (Å²) in [5.41, 5.74) is 9.02. The molecule has 0 saturated carbocycles. The topological polar surface area (TPSA) is 102 Å². The molecule has 0 spiro atoms. The lowest BCUT2D eigenvalue weighted by Gasteiger charge is -2.08. The highest BCUT2D eigenvalue weighted by Gasteiger charge is 2.28. The maximum absolute atomic E-state index is 10.5. The van der Waals surface area contributed by atoms with Crippen LogP contribution in [0.2, 0.25) is 0 Å². The zero-order valence-electron chi connectivity index (χ0n) is 12.3. The van der Waals surface area contributed by atoms with E-state index in [4.69, 9.17) is 20.9 Å². The Balaban J connectivity index is 0.000000351. The van der Waals surface area contributed by atoms with Gasteiger partial charge in [0.15, 0.2) is 0 Å². The number of nitrogens with one attached hydrogen (secondary N) is 1. The molecule has 2 rings (SSSR count). The number of carbonyl (C=O) groups is 1. The monoisotopic (exact) mass is 336 g/mol. The number of carbonyl (C=O) groups excluding carboxylic acids is 1. The van der Waals surface area contributed by atoms with Crippen molar-refractivity contribution in [3.8, 4) is 6.07 Å². The van der Waals surface area contributed by atoms with E-state index in [1.807, 2.05) is 42.5 Å². The van der Waals surface area contributed by atoms with E-state index in [1.165, 1.54) is 0 Å². The van der Waals surface area contributed by atoms with Crippen LogP contribution in [0.15, 0.2) is 48.5 Å². The second-order valence-electron chi connectivity index (χ2n) is 4.47. The molecule has 8 heteroatoms. The highest BCUT2D eigenvalue weighted by molar-refractivity contribution is 5.70. The zero-order chi connectivity index (χ0) is 18.2. The average Bonchev–Trinajstić information content (AvgIpc) is 2.56. The van der Waals surface area contributed by atoms with E-state index in [0.29, 0.717) is 12.1 Å². The Morgan fingerprint density at radius 3 is 2.17 bits per heavy atom. The zero-order valence-corrected chi connectivity index (χ0v) is 12.3. The Morgan fingerprint density at radius 2 is 1.71 bits per heavy atom. The fraction of sp³-hybridized carbons (Fsp3) is 0.125. The maximum atomic E-state index is 10.5. The molecule has 0 atom stereocenters. The summed E-state index contributed by atoms with van der Waals surface area (Å²) in [6.07, 6.45) is -5.19. The van der Waals surface area contributed by atoms with Crippen LogP contribution in [0.3, 0.4) is 0 Å². The summed E-state index contributed by atoms with van der Waals surface area (Å²) >= 11 is 0. The minimum absolute atomic E-state index is 0.537. The maximum Gasteiger partial charge on any atom is 0.430 e. The number of carboxylic acids is 1. The van der Waals surface area contributed by atoms with Crippen LogP contribution < -0.4 is 16.2 Å². The smallest absolute Gasteiger partial charge is 0.430 e. The van der Waals surface area contributed by atoms with E-state index < -0.39 is 12.1 Å². The molecule has 0 amide bonds. The number of rotatable bonds is 3. The van der Waals surface area contributed by atoms with Gasteiger partial charge in [0, 0.05) is 12.2 Å². The summed E-state index contributed by atoms with van der Waals surface area (Å²) in [4.78, 5) is 8.78. The van der Waals surface area contributed by atoms with E-state index in [1.54, 1.807) is 6.07 Å². The fourth-order valence-electron chi connectivity index (χ4n) is 1.57. The molecule has 3 N–H and O–H groups in total. The van der Waals surface area contributed by atoms with Crippen molar-refractivity contribution in [1.29, 1.82) is 5.26 Å². The number of hydrogen-bond donors (Lipinski definition) is 2. The van der Waals surface area contributed by atoms with Crippen LogP contribution >= 0.6 is 0 Å². The summed E-state index contributed by atoms with van der Waals surface area (Å²) in [7, 11) is 0. The van der Waals surface area contributed by atoms with Gasteiger partial charge >= 0.3 is 6.18 Å². The molecule has 5 nitrogen and oxygen atoms in total. The first-order chi connectivity index (χ1) is 11.3. The molecule has 0 aliphatic carbocycles. The molecule has 0 fully saturated rings. The van der Waals surface area contributed by atoms with E-state index in [0.717, 1.165) is 16.9 Å². The number of hydrogen-bond acceptors (Lipinski definition) is 5. The average molecular weight is 336 g/mol. The molecule has 0 radical (unpaired) electrons. The number of nitrogens with zero attached hydrogens (tertiary/aromatic N) is 1. The quantitative estimate of drug-likeness (QED) is 0.893. The van der Waals surface area contributed by atoms with Gasteiger partial charge in [-0.1, -0.05) is 24.3 Å². The molecule has 24 heavy (non-hydrogen) atoms. The third-order valence-corrected chi connectivity index (χ3v) is 2.75. The standard InChI is InChI=1S/C14H13N3.C2HF3O2/c15-9-11-5-7-13(8-6-11)17-14-4-2-1-3-12(14)10-16;3-2(4,5)1(6)7/h1-8,17H,9,15H2;(H,6,7)/p-1. The van der Waals surface area contributed by atoms with Gasteiger partial charge in [-0.25, -0.2) is 0 Å². The molecule has 0 unspecified atom stereocenters. The molecule has 0 heterocycles. The van der Waals surface area contributed by atoms with E-state index >= 15 is 0 Å².